The van der Waals surface area contributed by atoms with Crippen LogP contribution in [-0.4, -0.2) is 88.1 Å². The lowest BCUT2D eigenvalue weighted by Crippen LogP contribution is -2.50. The van der Waals surface area contributed by atoms with Gasteiger partial charge in [0, 0.05) is 37.8 Å². The van der Waals surface area contributed by atoms with Crippen molar-refractivity contribution in [1.29, 1.82) is 5.26 Å². The average Bonchev–Trinajstić information content (AvgIpc) is 3.55. The van der Waals surface area contributed by atoms with Crippen molar-refractivity contribution in [3.8, 4) is 6.07 Å². The number of ether oxygens (including phenoxy) is 3. The van der Waals surface area contributed by atoms with Crippen molar-refractivity contribution in [2.24, 2.45) is 0 Å². The zero-order chi connectivity index (χ0) is 34.5. The Morgan fingerprint density at radius 3 is 2.58 bits per heavy atom. The molecule has 2 aliphatic heterocycles. The maximum atomic E-state index is 13.2. The fourth-order valence-electron chi connectivity index (χ4n) is 6.14. The maximum Gasteiger partial charge on any atom is 0.262 e. The Bertz CT molecular complexity index is 1640. The monoisotopic (exact) mass is 660 g/mol. The van der Waals surface area contributed by atoms with Crippen LogP contribution in [0, 0.1) is 11.3 Å². The van der Waals surface area contributed by atoms with Crippen LogP contribution in [0.2, 0.25) is 0 Å². The van der Waals surface area contributed by atoms with Crippen LogP contribution >= 0.6 is 0 Å². The molecule has 1 amide bonds. The third-order valence-electron chi connectivity index (χ3n) is 9.21. The van der Waals surface area contributed by atoms with Gasteiger partial charge in [0.2, 0.25) is 0 Å². The van der Waals surface area contributed by atoms with Gasteiger partial charge in [0.25, 0.3) is 5.91 Å². The number of aromatic nitrogens is 3. The van der Waals surface area contributed by atoms with Gasteiger partial charge in [-0.1, -0.05) is 23.4 Å². The number of carbonyl (C=O) groups excluding carboxylic acids is 1. The third-order valence-corrected chi connectivity index (χ3v) is 9.21. The number of carbonyl (C=O) groups is 1. The molecule has 2 unspecified atom stereocenters. The van der Waals surface area contributed by atoms with Gasteiger partial charge in [-0.15, -0.1) is 5.10 Å². The molecule has 12 heteroatoms. The zero-order valence-electron chi connectivity index (χ0n) is 28.6. The first-order chi connectivity index (χ1) is 22.9. The van der Waals surface area contributed by atoms with E-state index < -0.39 is 41.6 Å². The summed E-state index contributed by atoms with van der Waals surface area (Å²) in [6.07, 6.45) is 4.37. The number of hydrogen-bond donors (Lipinski definition) is 3. The Labute approximate surface area is 282 Å². The molecule has 3 N–H and O–H groups in total. The lowest BCUT2D eigenvalue weighted by atomic mass is 9.99. The number of piperidine rings is 1. The Kier molecular flexibility index (Phi) is 11.2. The predicted octanol–water partition coefficient (Wildman–Crippen LogP) is 4.05. The minimum atomic E-state index is -1.08. The molecule has 2 saturated heterocycles. The van der Waals surface area contributed by atoms with Crippen LogP contribution < -0.4 is 10.2 Å². The van der Waals surface area contributed by atoms with Crippen molar-refractivity contribution in [2.45, 2.75) is 102 Å². The number of amides is 1. The molecule has 3 aromatic rings. The molecule has 2 aromatic carbocycles. The van der Waals surface area contributed by atoms with Crippen LogP contribution in [-0.2, 0) is 31.2 Å². The van der Waals surface area contributed by atoms with E-state index in [0.29, 0.717) is 18.7 Å². The number of nitrogens with zero attached hydrogens (tertiary/aromatic N) is 5. The van der Waals surface area contributed by atoms with Gasteiger partial charge in [-0.25, -0.2) is 4.68 Å². The zero-order valence-corrected chi connectivity index (χ0v) is 28.6. The second-order valence-corrected chi connectivity index (χ2v) is 13.9. The summed E-state index contributed by atoms with van der Waals surface area (Å²) in [7, 11) is 1.49. The quantitative estimate of drug-likeness (QED) is 0.191. The first-order valence-electron chi connectivity index (χ1n) is 16.7. The number of fused-ring (bicyclic) bond motifs is 1. The second-order valence-electron chi connectivity index (χ2n) is 13.9. The number of methoxy groups -OCH3 is 1. The molecule has 0 aliphatic carbocycles. The summed E-state index contributed by atoms with van der Waals surface area (Å²) in [5.41, 5.74) is 1.16. The van der Waals surface area contributed by atoms with Gasteiger partial charge in [0.1, 0.15) is 35.1 Å². The molecule has 3 heterocycles. The molecular formula is C36H48N6O6. The highest BCUT2D eigenvalue weighted by Crippen LogP contribution is 2.28. The van der Waals surface area contributed by atoms with E-state index in [1.54, 1.807) is 17.0 Å². The van der Waals surface area contributed by atoms with Gasteiger partial charge in [0.05, 0.1) is 25.5 Å². The molecule has 4 atom stereocenters. The van der Waals surface area contributed by atoms with Crippen molar-refractivity contribution in [3.05, 3.63) is 59.4 Å². The van der Waals surface area contributed by atoms with Crippen LogP contribution in [0.1, 0.15) is 71.1 Å². The minimum Gasteiger partial charge on any atom is -0.390 e. The molecule has 5 rings (SSSR count). The van der Waals surface area contributed by atoms with Crippen LogP contribution in [0.25, 0.3) is 16.8 Å². The van der Waals surface area contributed by atoms with Crippen molar-refractivity contribution in [2.75, 3.05) is 31.7 Å². The summed E-state index contributed by atoms with van der Waals surface area (Å²) in [4.78, 5) is 15.6. The highest BCUT2D eigenvalue weighted by Gasteiger charge is 2.37. The van der Waals surface area contributed by atoms with Crippen LogP contribution in [0.3, 0.4) is 0 Å². The Balaban J connectivity index is 1.15. The third kappa shape index (κ3) is 8.78. The fourth-order valence-corrected chi connectivity index (χ4v) is 6.14. The smallest absolute Gasteiger partial charge is 0.262 e. The van der Waals surface area contributed by atoms with Crippen molar-refractivity contribution in [1.82, 2.24) is 20.3 Å². The molecule has 0 radical (unpaired) electrons. The SMILES string of the molecule is CO[C@@H]1CC(O)[C@H](O)C(Cn2cc(C(C)(C)OCCC(C)(C)NC(=O)/C(C#N)=C/c3ccc4cc(N5CCCCC5)ccc4c3)nn2)O1. The van der Waals surface area contributed by atoms with E-state index in [0.717, 1.165) is 29.4 Å². The van der Waals surface area contributed by atoms with E-state index in [-0.39, 0.29) is 18.5 Å². The molecule has 0 spiro atoms. The summed E-state index contributed by atoms with van der Waals surface area (Å²) < 4.78 is 18.7. The van der Waals surface area contributed by atoms with Gasteiger partial charge in [-0.05, 0) is 94.0 Å². The van der Waals surface area contributed by atoms with E-state index in [4.69, 9.17) is 14.2 Å². The van der Waals surface area contributed by atoms with E-state index in [2.05, 4.69) is 44.8 Å². The molecule has 2 fully saturated rings. The fraction of sp³-hybridized carbons (Fsp3) is 0.556. The van der Waals surface area contributed by atoms with Crippen LogP contribution in [0.4, 0.5) is 5.69 Å². The van der Waals surface area contributed by atoms with Gasteiger partial charge >= 0.3 is 0 Å². The highest BCUT2D eigenvalue weighted by molar-refractivity contribution is 6.02. The maximum absolute atomic E-state index is 13.2. The lowest BCUT2D eigenvalue weighted by Gasteiger charge is -2.36. The van der Waals surface area contributed by atoms with Gasteiger partial charge in [-0.3, -0.25) is 4.79 Å². The van der Waals surface area contributed by atoms with E-state index in [1.165, 1.54) is 32.1 Å². The number of rotatable bonds is 12. The molecule has 2 aliphatic rings. The van der Waals surface area contributed by atoms with Crippen molar-refractivity contribution >= 4 is 28.4 Å². The van der Waals surface area contributed by atoms with Crippen LogP contribution in [0.5, 0.6) is 0 Å². The molecule has 0 bridgehead atoms. The number of nitriles is 1. The second kappa shape index (κ2) is 15.1. The molecule has 48 heavy (non-hydrogen) atoms. The Morgan fingerprint density at radius 2 is 1.85 bits per heavy atom. The van der Waals surface area contributed by atoms with Gasteiger partial charge in [-0.2, -0.15) is 5.26 Å². The predicted molar refractivity (Wildman–Crippen MR) is 182 cm³/mol. The largest absolute Gasteiger partial charge is 0.390 e. The molecule has 12 nitrogen and oxygen atoms in total. The van der Waals surface area contributed by atoms with E-state index in [1.807, 2.05) is 45.9 Å². The Morgan fingerprint density at radius 1 is 1.12 bits per heavy atom. The number of hydrogen-bond acceptors (Lipinski definition) is 10. The molecule has 258 valence electrons. The lowest BCUT2D eigenvalue weighted by molar-refractivity contribution is -0.245. The van der Waals surface area contributed by atoms with Crippen molar-refractivity contribution in [3.63, 3.8) is 0 Å². The summed E-state index contributed by atoms with van der Waals surface area (Å²) in [5.74, 6) is -0.446. The van der Waals surface area contributed by atoms with E-state index in [9.17, 15) is 20.3 Å². The van der Waals surface area contributed by atoms with Crippen molar-refractivity contribution < 1.29 is 29.2 Å². The number of aliphatic hydroxyl groups excluding tert-OH is 2. The average molecular weight is 661 g/mol. The van der Waals surface area contributed by atoms with E-state index >= 15 is 0 Å². The molecule has 0 saturated carbocycles. The Hall–Kier alpha value is -3.86. The molecule has 1 aromatic heterocycles. The summed E-state index contributed by atoms with van der Waals surface area (Å²) in [6.45, 7) is 10.2. The van der Waals surface area contributed by atoms with Crippen LogP contribution in [0.15, 0.2) is 48.2 Å². The number of aliphatic hydroxyl groups is 2. The van der Waals surface area contributed by atoms with Gasteiger partial charge in [0.15, 0.2) is 6.29 Å². The topological polar surface area (TPSA) is 155 Å². The summed E-state index contributed by atoms with van der Waals surface area (Å²) in [6, 6.07) is 14.5. The first kappa shape index (κ1) is 35.4. The molecular weight excluding hydrogens is 612 g/mol. The summed E-state index contributed by atoms with van der Waals surface area (Å²) >= 11 is 0. The first-order valence-corrected chi connectivity index (χ1v) is 16.7. The highest BCUT2D eigenvalue weighted by atomic mass is 16.7. The summed E-state index contributed by atoms with van der Waals surface area (Å²) in [5, 5.41) is 44.0. The van der Waals surface area contributed by atoms with Gasteiger partial charge < -0.3 is 34.6 Å². The number of anilines is 1. The standard InChI is InChI=1S/C36H48N6O6/c1-35(2,13-16-47-36(3,4)31-23-42(40-39-31)22-30-33(44)29(43)20-32(46-5)48-30)38-34(45)27(21-37)18-24-9-10-26-19-28(12-11-25(26)17-24)41-14-7-6-8-15-41/h9-12,17-19,23,29-30,32-33,43-44H,6-8,13-16,20,22H2,1-5H3,(H,38,45)/b27-18+/t29?,30?,32-,33-/m0/s1. The minimum absolute atomic E-state index is 0.0293. The normalized spacial score (nSPS) is 22.5. The number of benzene rings is 2. The number of nitrogens with one attached hydrogen (secondary N) is 1.